The van der Waals surface area contributed by atoms with E-state index in [1.54, 1.807) is 10.7 Å². The van der Waals surface area contributed by atoms with Gasteiger partial charge in [-0.15, -0.1) is 0 Å². The van der Waals surface area contributed by atoms with Crippen molar-refractivity contribution in [2.24, 2.45) is 0 Å². The zero-order valence-corrected chi connectivity index (χ0v) is 11.6. The molecule has 5 heteroatoms. The fraction of sp³-hybridized carbons (Fsp3) is 0.188. The minimum Gasteiger partial charge on any atom is -0.314 e. The fourth-order valence-electron chi connectivity index (χ4n) is 2.45. The van der Waals surface area contributed by atoms with Crippen LogP contribution in [0.3, 0.4) is 0 Å². The molecule has 0 saturated heterocycles. The van der Waals surface area contributed by atoms with Gasteiger partial charge in [0.15, 0.2) is 11.6 Å². The van der Waals surface area contributed by atoms with Crippen LogP contribution in [0.2, 0.25) is 0 Å². The summed E-state index contributed by atoms with van der Waals surface area (Å²) in [5.41, 5.74) is 2.09. The molecule has 0 atom stereocenters. The van der Waals surface area contributed by atoms with Gasteiger partial charge in [-0.1, -0.05) is 30.3 Å². The highest BCUT2D eigenvalue weighted by Crippen LogP contribution is 2.20. The standard InChI is InChI=1S/C16H15F2N3/c1-19-9-14-12-6-2-3-8-15(12)21(20-14)10-11-5-4-7-13(17)16(11)18/h2-8,19H,9-10H2,1H3. The monoisotopic (exact) mass is 287 g/mol. The third-order valence-corrected chi connectivity index (χ3v) is 3.43. The van der Waals surface area contributed by atoms with E-state index in [4.69, 9.17) is 0 Å². The Balaban J connectivity index is 2.06. The average Bonchev–Trinajstić information content (AvgIpc) is 2.83. The van der Waals surface area contributed by atoms with Gasteiger partial charge in [-0.05, 0) is 19.2 Å². The van der Waals surface area contributed by atoms with Crippen molar-refractivity contribution in [1.29, 1.82) is 0 Å². The van der Waals surface area contributed by atoms with Crippen LogP contribution in [-0.2, 0) is 13.1 Å². The van der Waals surface area contributed by atoms with Gasteiger partial charge in [0.1, 0.15) is 0 Å². The van der Waals surface area contributed by atoms with Crippen LogP contribution in [-0.4, -0.2) is 16.8 Å². The molecule has 1 heterocycles. The van der Waals surface area contributed by atoms with Crippen LogP contribution in [0.5, 0.6) is 0 Å². The molecule has 0 amide bonds. The largest absolute Gasteiger partial charge is 0.314 e. The predicted octanol–water partition coefficient (Wildman–Crippen LogP) is 3.08. The highest BCUT2D eigenvalue weighted by Gasteiger charge is 2.13. The number of halogens is 2. The highest BCUT2D eigenvalue weighted by molar-refractivity contribution is 5.82. The van der Waals surface area contributed by atoms with E-state index in [-0.39, 0.29) is 6.54 Å². The van der Waals surface area contributed by atoms with Crippen molar-refractivity contribution < 1.29 is 8.78 Å². The zero-order chi connectivity index (χ0) is 14.8. The predicted molar refractivity (Wildman–Crippen MR) is 78.0 cm³/mol. The third kappa shape index (κ3) is 2.52. The molecule has 0 aliphatic heterocycles. The normalized spacial score (nSPS) is 11.2. The van der Waals surface area contributed by atoms with Crippen molar-refractivity contribution >= 4 is 10.9 Å². The van der Waals surface area contributed by atoms with E-state index in [2.05, 4.69) is 10.4 Å². The molecule has 0 aliphatic rings. The lowest BCUT2D eigenvalue weighted by Crippen LogP contribution is -2.08. The molecule has 0 aliphatic carbocycles. The minimum atomic E-state index is -0.834. The van der Waals surface area contributed by atoms with Gasteiger partial charge in [-0.2, -0.15) is 5.10 Å². The Morgan fingerprint density at radius 3 is 2.71 bits per heavy atom. The van der Waals surface area contributed by atoms with Crippen molar-refractivity contribution in [3.8, 4) is 0 Å². The van der Waals surface area contributed by atoms with Gasteiger partial charge in [0.25, 0.3) is 0 Å². The first-order valence-electron chi connectivity index (χ1n) is 6.72. The average molecular weight is 287 g/mol. The molecule has 0 radical (unpaired) electrons. The van der Waals surface area contributed by atoms with Crippen molar-refractivity contribution in [3.63, 3.8) is 0 Å². The molecule has 21 heavy (non-hydrogen) atoms. The number of benzene rings is 2. The number of hydrogen-bond acceptors (Lipinski definition) is 2. The maximum absolute atomic E-state index is 13.8. The van der Waals surface area contributed by atoms with E-state index in [9.17, 15) is 8.78 Å². The number of nitrogens with one attached hydrogen (secondary N) is 1. The molecule has 3 rings (SSSR count). The molecule has 0 spiro atoms. The van der Waals surface area contributed by atoms with Crippen LogP contribution in [0.4, 0.5) is 8.78 Å². The topological polar surface area (TPSA) is 29.9 Å². The summed E-state index contributed by atoms with van der Waals surface area (Å²) in [7, 11) is 1.85. The summed E-state index contributed by atoms with van der Waals surface area (Å²) >= 11 is 0. The first-order chi connectivity index (χ1) is 10.2. The van der Waals surface area contributed by atoms with Crippen molar-refractivity contribution in [1.82, 2.24) is 15.1 Å². The Morgan fingerprint density at radius 1 is 1.10 bits per heavy atom. The van der Waals surface area contributed by atoms with Crippen LogP contribution in [0.25, 0.3) is 10.9 Å². The smallest absolute Gasteiger partial charge is 0.163 e. The van der Waals surface area contributed by atoms with Gasteiger partial charge in [0.05, 0.1) is 17.8 Å². The lowest BCUT2D eigenvalue weighted by atomic mass is 10.2. The van der Waals surface area contributed by atoms with E-state index in [0.717, 1.165) is 22.7 Å². The fourth-order valence-corrected chi connectivity index (χ4v) is 2.45. The Kier molecular flexibility index (Phi) is 3.66. The van der Waals surface area contributed by atoms with E-state index < -0.39 is 11.6 Å². The van der Waals surface area contributed by atoms with E-state index in [1.165, 1.54) is 6.07 Å². The lowest BCUT2D eigenvalue weighted by Gasteiger charge is -2.05. The van der Waals surface area contributed by atoms with Gasteiger partial charge in [0, 0.05) is 17.5 Å². The Morgan fingerprint density at radius 2 is 1.90 bits per heavy atom. The van der Waals surface area contributed by atoms with Crippen LogP contribution in [0.15, 0.2) is 42.5 Å². The molecule has 2 aromatic carbocycles. The van der Waals surface area contributed by atoms with Crippen molar-refractivity contribution in [3.05, 3.63) is 65.4 Å². The van der Waals surface area contributed by atoms with Gasteiger partial charge >= 0.3 is 0 Å². The summed E-state index contributed by atoms with van der Waals surface area (Å²) in [5, 5.41) is 8.59. The second kappa shape index (κ2) is 5.61. The Labute approximate surface area is 121 Å². The third-order valence-electron chi connectivity index (χ3n) is 3.43. The minimum absolute atomic E-state index is 0.202. The summed E-state index contributed by atoms with van der Waals surface area (Å²) in [5.74, 6) is -1.65. The number of rotatable bonds is 4. The van der Waals surface area contributed by atoms with Crippen LogP contribution < -0.4 is 5.32 Å². The van der Waals surface area contributed by atoms with Crippen LogP contribution in [0.1, 0.15) is 11.3 Å². The first kappa shape index (κ1) is 13.7. The molecular formula is C16H15F2N3. The number of aromatic nitrogens is 2. The molecular weight excluding hydrogens is 272 g/mol. The lowest BCUT2D eigenvalue weighted by molar-refractivity contribution is 0.492. The number of para-hydroxylation sites is 1. The maximum atomic E-state index is 13.8. The van der Waals surface area contributed by atoms with Gasteiger partial charge < -0.3 is 5.32 Å². The summed E-state index contributed by atoms with van der Waals surface area (Å²) in [6.07, 6.45) is 0. The summed E-state index contributed by atoms with van der Waals surface area (Å²) < 4.78 is 28.8. The molecule has 0 bridgehead atoms. The van der Waals surface area contributed by atoms with Gasteiger partial charge in [-0.25, -0.2) is 8.78 Å². The zero-order valence-electron chi connectivity index (χ0n) is 11.6. The molecule has 1 aromatic heterocycles. The summed E-state index contributed by atoms with van der Waals surface area (Å²) in [6.45, 7) is 0.826. The first-order valence-corrected chi connectivity index (χ1v) is 6.72. The Bertz CT molecular complexity index is 780. The molecule has 1 N–H and O–H groups in total. The second-order valence-electron chi connectivity index (χ2n) is 4.86. The molecule has 108 valence electrons. The van der Waals surface area contributed by atoms with E-state index >= 15 is 0 Å². The van der Waals surface area contributed by atoms with Gasteiger partial charge in [0.2, 0.25) is 0 Å². The van der Waals surface area contributed by atoms with Crippen molar-refractivity contribution in [2.75, 3.05) is 7.05 Å². The summed E-state index contributed by atoms with van der Waals surface area (Å²) in [4.78, 5) is 0. The number of hydrogen-bond donors (Lipinski definition) is 1. The molecule has 0 fully saturated rings. The van der Waals surface area contributed by atoms with E-state index in [0.29, 0.717) is 12.1 Å². The summed E-state index contributed by atoms with van der Waals surface area (Å²) in [6, 6.07) is 12.0. The molecule has 3 nitrogen and oxygen atoms in total. The number of fused-ring (bicyclic) bond motifs is 1. The maximum Gasteiger partial charge on any atom is 0.163 e. The molecule has 0 saturated carbocycles. The highest BCUT2D eigenvalue weighted by atomic mass is 19.2. The van der Waals surface area contributed by atoms with Crippen LogP contribution >= 0.6 is 0 Å². The molecule has 0 unspecified atom stereocenters. The SMILES string of the molecule is CNCc1nn(Cc2cccc(F)c2F)c2ccccc12. The Hall–Kier alpha value is -2.27. The van der Waals surface area contributed by atoms with E-state index in [1.807, 2.05) is 31.3 Å². The van der Waals surface area contributed by atoms with Gasteiger partial charge in [-0.3, -0.25) is 4.68 Å². The molecule has 3 aromatic rings. The second-order valence-corrected chi connectivity index (χ2v) is 4.86. The van der Waals surface area contributed by atoms with Crippen LogP contribution in [0, 0.1) is 11.6 Å². The number of nitrogens with zero attached hydrogens (tertiary/aromatic N) is 2. The van der Waals surface area contributed by atoms with Crippen molar-refractivity contribution in [2.45, 2.75) is 13.1 Å². The quantitative estimate of drug-likeness (QED) is 0.799.